The van der Waals surface area contributed by atoms with Gasteiger partial charge in [0.05, 0.1) is 6.04 Å². The van der Waals surface area contributed by atoms with Gasteiger partial charge in [-0.1, -0.05) is 36.8 Å². The highest BCUT2D eigenvalue weighted by atomic mass is 16.2. The minimum Gasteiger partial charge on any atom is -0.352 e. The molecule has 3 nitrogen and oxygen atoms in total. The summed E-state index contributed by atoms with van der Waals surface area (Å²) in [6.07, 6.45) is 0.950. The van der Waals surface area contributed by atoms with Gasteiger partial charge < -0.3 is 5.32 Å². The van der Waals surface area contributed by atoms with Gasteiger partial charge in [0.25, 0.3) is 0 Å². The van der Waals surface area contributed by atoms with Crippen LogP contribution in [0.5, 0.6) is 0 Å². The van der Waals surface area contributed by atoms with E-state index in [2.05, 4.69) is 49.6 Å². The molecule has 106 valence electrons. The van der Waals surface area contributed by atoms with Crippen LogP contribution in [0.2, 0.25) is 0 Å². The first-order valence-electron chi connectivity index (χ1n) is 7.07. The van der Waals surface area contributed by atoms with Gasteiger partial charge in [-0.25, -0.2) is 0 Å². The van der Waals surface area contributed by atoms with Crippen molar-refractivity contribution in [2.75, 3.05) is 0 Å². The van der Waals surface area contributed by atoms with Gasteiger partial charge >= 0.3 is 0 Å². The van der Waals surface area contributed by atoms with Gasteiger partial charge in [-0.2, -0.15) is 0 Å². The van der Waals surface area contributed by atoms with Gasteiger partial charge in [0, 0.05) is 12.1 Å². The number of aryl methyl sites for hydroxylation is 1. The molecule has 0 aliphatic rings. The molecular weight excluding hydrogens is 236 g/mol. The summed E-state index contributed by atoms with van der Waals surface area (Å²) in [5.41, 5.74) is 2.45. The smallest absolute Gasteiger partial charge is 0.237 e. The molecule has 3 heteroatoms. The van der Waals surface area contributed by atoms with Crippen LogP contribution in [-0.4, -0.2) is 18.0 Å². The van der Waals surface area contributed by atoms with Crippen LogP contribution in [0.1, 0.15) is 51.3 Å². The minimum atomic E-state index is -0.190. The summed E-state index contributed by atoms with van der Waals surface area (Å²) in [5, 5.41) is 6.34. The van der Waals surface area contributed by atoms with E-state index >= 15 is 0 Å². The summed E-state index contributed by atoms with van der Waals surface area (Å²) in [4.78, 5) is 12.0. The van der Waals surface area contributed by atoms with Crippen molar-refractivity contribution in [2.24, 2.45) is 0 Å². The van der Waals surface area contributed by atoms with Crippen molar-refractivity contribution in [3.63, 3.8) is 0 Å². The first-order valence-corrected chi connectivity index (χ1v) is 7.07. The molecule has 1 rings (SSSR count). The molecular formula is C16H26N2O. The Morgan fingerprint density at radius 1 is 1.26 bits per heavy atom. The topological polar surface area (TPSA) is 41.1 Å². The van der Waals surface area contributed by atoms with Crippen LogP contribution in [0.3, 0.4) is 0 Å². The molecule has 0 bridgehead atoms. The molecule has 2 unspecified atom stereocenters. The van der Waals surface area contributed by atoms with E-state index in [0.29, 0.717) is 0 Å². The van der Waals surface area contributed by atoms with Crippen LogP contribution in [0.4, 0.5) is 0 Å². The first-order chi connectivity index (χ1) is 8.93. The summed E-state index contributed by atoms with van der Waals surface area (Å²) >= 11 is 0. The number of hydrogen-bond donors (Lipinski definition) is 2. The molecule has 1 amide bonds. The monoisotopic (exact) mass is 262 g/mol. The third-order valence-corrected chi connectivity index (χ3v) is 3.44. The summed E-state index contributed by atoms with van der Waals surface area (Å²) < 4.78 is 0. The molecule has 0 aliphatic heterocycles. The second kappa shape index (κ2) is 7.29. The maximum Gasteiger partial charge on any atom is 0.237 e. The van der Waals surface area contributed by atoms with Crippen LogP contribution >= 0.6 is 0 Å². The largest absolute Gasteiger partial charge is 0.352 e. The van der Waals surface area contributed by atoms with Crippen LogP contribution in [0.25, 0.3) is 0 Å². The average Bonchev–Trinajstić information content (AvgIpc) is 2.38. The quantitative estimate of drug-likeness (QED) is 0.827. The fraction of sp³-hybridized carbons (Fsp3) is 0.562. The molecule has 2 N–H and O–H groups in total. The molecule has 3 atom stereocenters. The summed E-state index contributed by atoms with van der Waals surface area (Å²) in [6.45, 7) is 10.2. The minimum absolute atomic E-state index is 0.0638. The molecule has 0 saturated carbocycles. The highest BCUT2D eigenvalue weighted by molar-refractivity contribution is 5.81. The Kier molecular flexibility index (Phi) is 6.03. The number of hydrogen-bond acceptors (Lipinski definition) is 2. The molecule has 0 heterocycles. The zero-order valence-corrected chi connectivity index (χ0v) is 12.7. The summed E-state index contributed by atoms with van der Waals surface area (Å²) in [5.74, 6) is 0.0638. The van der Waals surface area contributed by atoms with E-state index in [1.54, 1.807) is 0 Å². The fourth-order valence-electron chi connectivity index (χ4n) is 1.96. The molecule has 0 aromatic heterocycles. The molecule has 1 aromatic carbocycles. The highest BCUT2D eigenvalue weighted by Crippen LogP contribution is 2.14. The van der Waals surface area contributed by atoms with E-state index in [-0.39, 0.29) is 24.0 Å². The lowest BCUT2D eigenvalue weighted by atomic mass is 10.0. The van der Waals surface area contributed by atoms with Crippen molar-refractivity contribution in [2.45, 2.75) is 59.2 Å². The number of carbonyl (C=O) groups is 1. The van der Waals surface area contributed by atoms with Crippen molar-refractivity contribution in [1.82, 2.24) is 10.6 Å². The Hall–Kier alpha value is -1.35. The zero-order chi connectivity index (χ0) is 14.4. The molecule has 19 heavy (non-hydrogen) atoms. The van der Waals surface area contributed by atoms with Gasteiger partial charge in [-0.05, 0) is 39.7 Å². The third kappa shape index (κ3) is 5.03. The molecule has 1 aromatic rings. The van der Waals surface area contributed by atoms with Crippen LogP contribution in [0, 0.1) is 6.92 Å². The summed E-state index contributed by atoms with van der Waals surface area (Å²) in [7, 11) is 0. The molecule has 0 fully saturated rings. The van der Waals surface area contributed by atoms with Gasteiger partial charge in [0.2, 0.25) is 5.91 Å². The van der Waals surface area contributed by atoms with Gasteiger partial charge in [-0.15, -0.1) is 0 Å². The van der Waals surface area contributed by atoms with E-state index < -0.39 is 0 Å². The molecule has 0 aliphatic carbocycles. The van der Waals surface area contributed by atoms with Crippen LogP contribution < -0.4 is 10.6 Å². The maximum absolute atomic E-state index is 12.0. The Balaban J connectivity index is 2.56. The number of rotatable bonds is 6. The normalized spacial score (nSPS) is 15.6. The summed E-state index contributed by atoms with van der Waals surface area (Å²) in [6, 6.07) is 8.57. The zero-order valence-electron chi connectivity index (χ0n) is 12.7. The van der Waals surface area contributed by atoms with Crippen molar-refractivity contribution in [3.8, 4) is 0 Å². The van der Waals surface area contributed by atoms with Crippen LogP contribution in [-0.2, 0) is 4.79 Å². The van der Waals surface area contributed by atoms with E-state index in [9.17, 15) is 4.79 Å². The number of nitrogens with one attached hydrogen (secondary N) is 2. The second-order valence-corrected chi connectivity index (χ2v) is 5.34. The third-order valence-electron chi connectivity index (χ3n) is 3.44. The number of amides is 1. The Morgan fingerprint density at radius 2 is 1.95 bits per heavy atom. The van der Waals surface area contributed by atoms with Crippen LogP contribution in [0.15, 0.2) is 24.3 Å². The van der Waals surface area contributed by atoms with Crippen molar-refractivity contribution >= 4 is 5.91 Å². The number of benzene rings is 1. The molecule has 0 radical (unpaired) electrons. The Morgan fingerprint density at radius 3 is 2.53 bits per heavy atom. The lowest BCUT2D eigenvalue weighted by Crippen LogP contribution is -2.45. The number of carbonyl (C=O) groups excluding carboxylic acids is 1. The van der Waals surface area contributed by atoms with Gasteiger partial charge in [-0.3, -0.25) is 10.1 Å². The van der Waals surface area contributed by atoms with E-state index in [4.69, 9.17) is 0 Å². The maximum atomic E-state index is 12.0. The van der Waals surface area contributed by atoms with Gasteiger partial charge in [0.1, 0.15) is 0 Å². The standard InChI is InChI=1S/C16H26N2O/c1-6-12(3)17-16(19)14(5)18-13(4)15-9-7-8-11(2)10-15/h7-10,12-14,18H,6H2,1-5H3,(H,17,19)/t12?,13-,14?/m0/s1. The lowest BCUT2D eigenvalue weighted by Gasteiger charge is -2.22. The Labute approximate surface area is 116 Å². The predicted molar refractivity (Wildman–Crippen MR) is 80.1 cm³/mol. The van der Waals surface area contributed by atoms with Gasteiger partial charge in [0.15, 0.2) is 0 Å². The average molecular weight is 262 g/mol. The van der Waals surface area contributed by atoms with E-state index in [1.807, 2.05) is 19.9 Å². The second-order valence-electron chi connectivity index (χ2n) is 5.34. The Bertz CT molecular complexity index is 417. The highest BCUT2D eigenvalue weighted by Gasteiger charge is 2.17. The molecule has 0 spiro atoms. The van der Waals surface area contributed by atoms with Crippen molar-refractivity contribution < 1.29 is 4.79 Å². The van der Waals surface area contributed by atoms with Crippen molar-refractivity contribution in [1.29, 1.82) is 0 Å². The predicted octanol–water partition coefficient (Wildman–Crippen LogP) is 2.95. The van der Waals surface area contributed by atoms with E-state index in [1.165, 1.54) is 11.1 Å². The van der Waals surface area contributed by atoms with Crippen molar-refractivity contribution in [3.05, 3.63) is 35.4 Å². The SMILES string of the molecule is CCC(C)NC(=O)C(C)N[C@@H](C)c1cccc(C)c1. The molecule has 0 saturated heterocycles. The van der Waals surface area contributed by atoms with E-state index in [0.717, 1.165) is 6.42 Å². The lowest BCUT2D eigenvalue weighted by molar-refractivity contribution is -0.123. The first kappa shape index (κ1) is 15.7. The fourth-order valence-corrected chi connectivity index (χ4v) is 1.96.